The van der Waals surface area contributed by atoms with Crippen LogP contribution in [0.3, 0.4) is 0 Å². The topological polar surface area (TPSA) is 77.4 Å². The van der Waals surface area contributed by atoms with Crippen LogP contribution in [-0.4, -0.2) is 36.6 Å². The summed E-state index contributed by atoms with van der Waals surface area (Å²) in [6.45, 7) is 1.15. The maximum Gasteiger partial charge on any atom is 0.320 e. The molecule has 0 bridgehead atoms. The molecule has 2 N–H and O–H groups in total. The van der Waals surface area contributed by atoms with E-state index in [1.165, 1.54) is 0 Å². The predicted molar refractivity (Wildman–Crippen MR) is 108 cm³/mol. The molecule has 0 radical (unpaired) electrons. The molecule has 1 heterocycles. The van der Waals surface area contributed by atoms with Crippen molar-refractivity contribution in [3.63, 3.8) is 0 Å². The van der Waals surface area contributed by atoms with Gasteiger partial charge in [-0.2, -0.15) is 5.10 Å². The van der Waals surface area contributed by atoms with E-state index in [0.717, 1.165) is 11.1 Å². The van der Waals surface area contributed by atoms with Crippen molar-refractivity contribution in [2.45, 2.75) is 13.0 Å². The number of methoxy groups -OCH3 is 2. The van der Waals surface area contributed by atoms with Gasteiger partial charge >= 0.3 is 6.03 Å². The van der Waals surface area contributed by atoms with Crippen LogP contribution in [0.5, 0.6) is 11.5 Å². The molecule has 7 heteroatoms. The fraction of sp³-hybridized carbons (Fsp3) is 0.238. The number of carbonyl (C=O) groups is 1. The zero-order valence-electron chi connectivity index (χ0n) is 16.0. The summed E-state index contributed by atoms with van der Waals surface area (Å²) in [4.78, 5) is 12.1. The molecule has 3 aromatic rings. The lowest BCUT2D eigenvalue weighted by Gasteiger charge is -2.10. The van der Waals surface area contributed by atoms with Gasteiger partial charge in [0.1, 0.15) is 0 Å². The van der Waals surface area contributed by atoms with Crippen LogP contribution in [0.15, 0.2) is 60.8 Å². The van der Waals surface area contributed by atoms with Gasteiger partial charge in [0, 0.05) is 18.8 Å². The zero-order valence-corrected chi connectivity index (χ0v) is 16.0. The van der Waals surface area contributed by atoms with Crippen molar-refractivity contribution in [1.82, 2.24) is 15.1 Å². The number of urea groups is 1. The second-order valence-electron chi connectivity index (χ2n) is 6.20. The molecule has 0 saturated carbocycles. The van der Waals surface area contributed by atoms with Gasteiger partial charge in [0.2, 0.25) is 0 Å². The van der Waals surface area contributed by atoms with Gasteiger partial charge in [-0.3, -0.25) is 10.00 Å². The normalized spacial score (nSPS) is 10.4. The summed E-state index contributed by atoms with van der Waals surface area (Å²) in [5.41, 5.74) is 2.20. The Labute approximate surface area is 164 Å². The van der Waals surface area contributed by atoms with E-state index >= 15 is 0 Å². The summed E-state index contributed by atoms with van der Waals surface area (Å²) in [5, 5.41) is 9.95. The number of carbonyl (C=O) groups excluding carboxylic acids is 1. The fourth-order valence-corrected chi connectivity index (χ4v) is 2.80. The lowest BCUT2D eigenvalue weighted by Crippen LogP contribution is -2.30. The summed E-state index contributed by atoms with van der Waals surface area (Å²) < 4.78 is 12.3. The SMILES string of the molecule is COc1ccc(CCNC(=O)Nc2ccn(Cc3ccccc3)n2)cc1OC. The molecule has 2 aromatic carbocycles. The Morgan fingerprint density at radius 1 is 1.00 bits per heavy atom. The maximum absolute atomic E-state index is 12.1. The number of nitrogens with zero attached hydrogens (tertiary/aromatic N) is 2. The first kappa shape index (κ1) is 19.3. The molecule has 0 spiro atoms. The Morgan fingerprint density at radius 2 is 1.79 bits per heavy atom. The predicted octanol–water partition coefficient (Wildman–Crippen LogP) is 3.31. The van der Waals surface area contributed by atoms with Crippen LogP contribution in [0.2, 0.25) is 0 Å². The Hall–Kier alpha value is -3.48. The molecule has 7 nitrogen and oxygen atoms in total. The molecule has 0 atom stereocenters. The Morgan fingerprint density at radius 3 is 2.54 bits per heavy atom. The first-order valence-corrected chi connectivity index (χ1v) is 9.01. The molecular weight excluding hydrogens is 356 g/mol. The van der Waals surface area contributed by atoms with Gasteiger partial charge in [-0.1, -0.05) is 36.4 Å². The largest absolute Gasteiger partial charge is 0.493 e. The number of rotatable bonds is 8. The standard InChI is InChI=1S/C21H24N4O3/c1-27-18-9-8-16(14-19(18)28-2)10-12-22-21(26)23-20-11-13-25(24-20)15-17-6-4-3-5-7-17/h3-9,11,13-14H,10,12,15H2,1-2H3,(H2,22,23,24,26). The lowest BCUT2D eigenvalue weighted by molar-refractivity contribution is 0.252. The number of hydrogen-bond acceptors (Lipinski definition) is 4. The van der Waals surface area contributed by atoms with Gasteiger partial charge in [0.15, 0.2) is 17.3 Å². The number of anilines is 1. The zero-order chi connectivity index (χ0) is 19.8. The quantitative estimate of drug-likeness (QED) is 0.629. The molecule has 3 rings (SSSR count). The van der Waals surface area contributed by atoms with E-state index in [4.69, 9.17) is 9.47 Å². The highest BCUT2D eigenvalue weighted by atomic mass is 16.5. The Kier molecular flexibility index (Phi) is 6.51. The van der Waals surface area contributed by atoms with E-state index in [1.807, 2.05) is 54.7 Å². The van der Waals surface area contributed by atoms with Crippen LogP contribution >= 0.6 is 0 Å². The van der Waals surface area contributed by atoms with Crippen LogP contribution in [0.1, 0.15) is 11.1 Å². The van der Waals surface area contributed by atoms with Crippen LogP contribution in [0.25, 0.3) is 0 Å². The summed E-state index contributed by atoms with van der Waals surface area (Å²) in [7, 11) is 3.20. The van der Waals surface area contributed by atoms with Gasteiger partial charge < -0.3 is 14.8 Å². The lowest BCUT2D eigenvalue weighted by atomic mass is 10.1. The number of aromatic nitrogens is 2. The van der Waals surface area contributed by atoms with Crippen LogP contribution in [0, 0.1) is 0 Å². The van der Waals surface area contributed by atoms with Crippen molar-refractivity contribution in [2.75, 3.05) is 26.1 Å². The monoisotopic (exact) mass is 380 g/mol. The Balaban J connectivity index is 1.46. The summed E-state index contributed by atoms with van der Waals surface area (Å²) >= 11 is 0. The highest BCUT2D eigenvalue weighted by Crippen LogP contribution is 2.27. The number of amides is 2. The molecule has 0 unspecified atom stereocenters. The number of benzene rings is 2. The van der Waals surface area contributed by atoms with E-state index < -0.39 is 0 Å². The van der Waals surface area contributed by atoms with Crippen molar-refractivity contribution in [1.29, 1.82) is 0 Å². The molecule has 0 fully saturated rings. The van der Waals surface area contributed by atoms with Gasteiger partial charge in [-0.25, -0.2) is 4.79 Å². The third kappa shape index (κ3) is 5.26. The van der Waals surface area contributed by atoms with Gasteiger partial charge in [-0.15, -0.1) is 0 Å². The molecule has 0 aliphatic carbocycles. The first-order valence-electron chi connectivity index (χ1n) is 9.01. The molecule has 2 amide bonds. The van der Waals surface area contributed by atoms with Gasteiger partial charge in [-0.05, 0) is 29.7 Å². The third-order valence-corrected chi connectivity index (χ3v) is 4.22. The minimum absolute atomic E-state index is 0.287. The minimum atomic E-state index is -0.287. The second kappa shape index (κ2) is 9.45. The van der Waals surface area contributed by atoms with Crippen molar-refractivity contribution in [2.24, 2.45) is 0 Å². The average molecular weight is 380 g/mol. The molecule has 1 aromatic heterocycles. The summed E-state index contributed by atoms with van der Waals surface area (Å²) in [5.74, 6) is 1.87. The third-order valence-electron chi connectivity index (χ3n) is 4.22. The van der Waals surface area contributed by atoms with Crippen LogP contribution in [-0.2, 0) is 13.0 Å². The van der Waals surface area contributed by atoms with Crippen molar-refractivity contribution >= 4 is 11.8 Å². The second-order valence-corrected chi connectivity index (χ2v) is 6.20. The molecule has 0 aliphatic rings. The number of nitrogens with one attached hydrogen (secondary N) is 2. The van der Waals surface area contributed by atoms with E-state index in [0.29, 0.717) is 36.8 Å². The highest BCUT2D eigenvalue weighted by Gasteiger charge is 2.07. The summed E-state index contributed by atoms with van der Waals surface area (Å²) in [6, 6.07) is 17.2. The molecule has 146 valence electrons. The van der Waals surface area contributed by atoms with Gasteiger partial charge in [0.05, 0.1) is 20.8 Å². The van der Waals surface area contributed by atoms with Crippen LogP contribution in [0.4, 0.5) is 10.6 Å². The first-order chi connectivity index (χ1) is 13.7. The number of ether oxygens (including phenoxy) is 2. The molecule has 0 saturated heterocycles. The minimum Gasteiger partial charge on any atom is -0.493 e. The molecule has 28 heavy (non-hydrogen) atoms. The smallest absolute Gasteiger partial charge is 0.320 e. The van der Waals surface area contributed by atoms with Crippen LogP contribution < -0.4 is 20.1 Å². The number of hydrogen-bond donors (Lipinski definition) is 2. The van der Waals surface area contributed by atoms with E-state index in [2.05, 4.69) is 15.7 Å². The summed E-state index contributed by atoms with van der Waals surface area (Å²) in [6.07, 6.45) is 2.52. The Bertz CT molecular complexity index is 909. The van der Waals surface area contributed by atoms with Crippen molar-refractivity contribution in [3.05, 3.63) is 71.9 Å². The van der Waals surface area contributed by atoms with Crippen molar-refractivity contribution in [3.8, 4) is 11.5 Å². The fourth-order valence-electron chi connectivity index (χ4n) is 2.80. The highest BCUT2D eigenvalue weighted by molar-refractivity contribution is 5.88. The van der Waals surface area contributed by atoms with E-state index in [1.54, 1.807) is 25.0 Å². The van der Waals surface area contributed by atoms with E-state index in [9.17, 15) is 4.79 Å². The maximum atomic E-state index is 12.1. The van der Waals surface area contributed by atoms with E-state index in [-0.39, 0.29) is 6.03 Å². The average Bonchev–Trinajstić information content (AvgIpc) is 3.15. The molecular formula is C21H24N4O3. The van der Waals surface area contributed by atoms with Crippen molar-refractivity contribution < 1.29 is 14.3 Å². The molecule has 0 aliphatic heterocycles. The van der Waals surface area contributed by atoms with Gasteiger partial charge in [0.25, 0.3) is 0 Å².